The molecular weight excluding hydrogens is 298 g/mol. The summed E-state index contributed by atoms with van der Waals surface area (Å²) in [5.74, 6) is 0.863. The first-order valence-corrected chi connectivity index (χ1v) is 6.31. The molecule has 0 saturated carbocycles. The van der Waals surface area contributed by atoms with Crippen molar-refractivity contribution in [3.63, 3.8) is 0 Å². The largest absolute Gasteiger partial charge is 0.467 e. The van der Waals surface area contributed by atoms with Gasteiger partial charge in [-0.15, -0.1) is 0 Å². The number of benzene rings is 1. The number of nitrogens with two attached hydrogens (primary N) is 1. The summed E-state index contributed by atoms with van der Waals surface area (Å²) in [6.07, 6.45) is 3.66. The number of fused-ring (bicyclic) bond motifs is 1. The third-order valence-electron chi connectivity index (χ3n) is 2.74. The van der Waals surface area contributed by atoms with E-state index in [4.69, 9.17) is 15.2 Å². The number of nitrogen functional groups attached to an aromatic ring is 1. The van der Waals surface area contributed by atoms with E-state index in [0.29, 0.717) is 18.8 Å². The zero-order chi connectivity index (χ0) is 12.5. The second-order valence-electron chi connectivity index (χ2n) is 4.14. The SMILES string of the molecule is Nc1cc2c(c(Cn3cc(Br)cn3)c1)OCOC2. The van der Waals surface area contributed by atoms with E-state index in [1.165, 1.54) is 0 Å². The molecule has 0 bridgehead atoms. The van der Waals surface area contributed by atoms with Gasteiger partial charge >= 0.3 is 0 Å². The van der Waals surface area contributed by atoms with Gasteiger partial charge in [-0.05, 0) is 28.1 Å². The summed E-state index contributed by atoms with van der Waals surface area (Å²) in [4.78, 5) is 0. The Kier molecular flexibility index (Phi) is 2.97. The molecule has 0 atom stereocenters. The number of hydrogen-bond acceptors (Lipinski definition) is 4. The average Bonchev–Trinajstić information content (AvgIpc) is 2.74. The van der Waals surface area contributed by atoms with E-state index < -0.39 is 0 Å². The molecule has 6 heteroatoms. The Morgan fingerprint density at radius 2 is 2.33 bits per heavy atom. The standard InChI is InChI=1S/C12H12BrN3O2/c13-10-3-15-16(5-10)4-8-1-11(14)2-9-6-17-7-18-12(8)9/h1-3,5H,4,6-7,14H2. The molecule has 5 nitrogen and oxygen atoms in total. The molecule has 3 rings (SSSR count). The molecule has 0 unspecified atom stereocenters. The van der Waals surface area contributed by atoms with Crippen LogP contribution in [-0.2, 0) is 17.9 Å². The fourth-order valence-electron chi connectivity index (χ4n) is 2.04. The third-order valence-corrected chi connectivity index (χ3v) is 3.15. The molecule has 0 radical (unpaired) electrons. The molecule has 0 spiro atoms. The molecule has 2 aromatic rings. The van der Waals surface area contributed by atoms with Crippen molar-refractivity contribution in [2.75, 3.05) is 12.5 Å². The van der Waals surface area contributed by atoms with Crippen LogP contribution in [0.15, 0.2) is 29.0 Å². The smallest absolute Gasteiger partial charge is 0.189 e. The van der Waals surface area contributed by atoms with Crippen molar-refractivity contribution in [2.24, 2.45) is 0 Å². The van der Waals surface area contributed by atoms with Gasteiger partial charge in [0.15, 0.2) is 6.79 Å². The summed E-state index contributed by atoms with van der Waals surface area (Å²) in [5.41, 5.74) is 8.61. The molecule has 94 valence electrons. The zero-order valence-electron chi connectivity index (χ0n) is 9.60. The molecule has 2 N–H and O–H groups in total. The van der Waals surface area contributed by atoms with E-state index in [1.807, 2.05) is 23.0 Å². The van der Waals surface area contributed by atoms with E-state index in [-0.39, 0.29) is 6.79 Å². The number of hydrogen-bond donors (Lipinski definition) is 1. The topological polar surface area (TPSA) is 62.3 Å². The summed E-state index contributed by atoms with van der Waals surface area (Å²) in [5, 5.41) is 4.23. The van der Waals surface area contributed by atoms with E-state index in [0.717, 1.165) is 21.3 Å². The van der Waals surface area contributed by atoms with Crippen LogP contribution < -0.4 is 10.5 Å². The first-order chi connectivity index (χ1) is 8.72. The normalized spacial score (nSPS) is 14.1. The highest BCUT2D eigenvalue weighted by molar-refractivity contribution is 9.10. The lowest BCUT2D eigenvalue weighted by Gasteiger charge is -2.21. The first-order valence-electron chi connectivity index (χ1n) is 5.52. The predicted molar refractivity (Wildman–Crippen MR) is 70.2 cm³/mol. The van der Waals surface area contributed by atoms with Gasteiger partial charge in [0.2, 0.25) is 0 Å². The van der Waals surface area contributed by atoms with E-state index in [9.17, 15) is 0 Å². The number of nitrogens with zero attached hydrogens (tertiary/aromatic N) is 2. The predicted octanol–water partition coefficient (Wildman–Crippen LogP) is 2.14. The second kappa shape index (κ2) is 4.62. The Balaban J connectivity index is 1.98. The molecule has 0 aliphatic carbocycles. The Morgan fingerprint density at radius 3 is 3.11 bits per heavy atom. The Morgan fingerprint density at radius 1 is 1.44 bits per heavy atom. The van der Waals surface area contributed by atoms with Crippen LogP contribution >= 0.6 is 15.9 Å². The molecule has 1 aromatic heterocycles. The molecule has 0 fully saturated rings. The van der Waals surface area contributed by atoms with E-state index in [1.54, 1.807) is 6.20 Å². The van der Waals surface area contributed by atoms with Gasteiger partial charge < -0.3 is 15.2 Å². The Hall–Kier alpha value is -1.53. The molecule has 1 aliphatic heterocycles. The van der Waals surface area contributed by atoms with Gasteiger partial charge in [-0.1, -0.05) is 0 Å². The molecule has 0 saturated heterocycles. The minimum absolute atomic E-state index is 0.284. The van der Waals surface area contributed by atoms with Crippen LogP contribution in [0.3, 0.4) is 0 Å². The number of aromatic nitrogens is 2. The van der Waals surface area contributed by atoms with Crippen LogP contribution in [-0.4, -0.2) is 16.6 Å². The average molecular weight is 310 g/mol. The summed E-state index contributed by atoms with van der Waals surface area (Å²) in [7, 11) is 0. The van der Waals surface area contributed by atoms with Gasteiger partial charge in [0.25, 0.3) is 0 Å². The number of rotatable bonds is 2. The van der Waals surface area contributed by atoms with Crippen LogP contribution in [0.1, 0.15) is 11.1 Å². The highest BCUT2D eigenvalue weighted by Gasteiger charge is 2.16. The highest BCUT2D eigenvalue weighted by Crippen LogP contribution is 2.31. The van der Waals surface area contributed by atoms with Crippen LogP contribution in [0.5, 0.6) is 5.75 Å². The van der Waals surface area contributed by atoms with Gasteiger partial charge in [0.1, 0.15) is 5.75 Å². The van der Waals surface area contributed by atoms with Gasteiger partial charge in [-0.2, -0.15) is 5.10 Å². The molecule has 1 aromatic carbocycles. The fourth-order valence-corrected chi connectivity index (χ4v) is 2.37. The van der Waals surface area contributed by atoms with Crippen molar-refractivity contribution < 1.29 is 9.47 Å². The number of anilines is 1. The lowest BCUT2D eigenvalue weighted by molar-refractivity contribution is -0.0170. The van der Waals surface area contributed by atoms with E-state index in [2.05, 4.69) is 21.0 Å². The number of ether oxygens (including phenoxy) is 2. The van der Waals surface area contributed by atoms with E-state index >= 15 is 0 Å². The quantitative estimate of drug-likeness (QED) is 0.863. The lowest BCUT2D eigenvalue weighted by Crippen LogP contribution is -2.15. The summed E-state index contributed by atoms with van der Waals surface area (Å²) < 4.78 is 13.6. The van der Waals surface area contributed by atoms with Crippen molar-refractivity contribution in [3.05, 3.63) is 40.1 Å². The van der Waals surface area contributed by atoms with Crippen molar-refractivity contribution in [1.82, 2.24) is 9.78 Å². The molecule has 1 aliphatic rings. The fraction of sp³-hybridized carbons (Fsp3) is 0.250. The maximum absolute atomic E-state index is 5.89. The molecular formula is C12H12BrN3O2. The van der Waals surface area contributed by atoms with Crippen molar-refractivity contribution in [3.8, 4) is 5.75 Å². The van der Waals surface area contributed by atoms with Crippen LogP contribution in [0, 0.1) is 0 Å². The van der Waals surface area contributed by atoms with Crippen LogP contribution in [0.25, 0.3) is 0 Å². The van der Waals surface area contributed by atoms with Gasteiger partial charge in [-0.3, -0.25) is 4.68 Å². The van der Waals surface area contributed by atoms with Crippen LogP contribution in [0.4, 0.5) is 5.69 Å². The monoisotopic (exact) mass is 309 g/mol. The van der Waals surface area contributed by atoms with Crippen molar-refractivity contribution >= 4 is 21.6 Å². The number of halogens is 1. The van der Waals surface area contributed by atoms with Gasteiger partial charge in [0, 0.05) is 23.0 Å². The molecule has 0 amide bonds. The first kappa shape index (κ1) is 11.6. The molecule has 18 heavy (non-hydrogen) atoms. The minimum Gasteiger partial charge on any atom is -0.467 e. The third kappa shape index (κ3) is 2.21. The van der Waals surface area contributed by atoms with Gasteiger partial charge in [-0.25, -0.2) is 0 Å². The Labute approximate surface area is 113 Å². The Bertz CT molecular complexity index is 583. The zero-order valence-corrected chi connectivity index (χ0v) is 11.2. The lowest BCUT2D eigenvalue weighted by atomic mass is 10.1. The highest BCUT2D eigenvalue weighted by atomic mass is 79.9. The van der Waals surface area contributed by atoms with Gasteiger partial charge in [0.05, 0.1) is 23.8 Å². The second-order valence-corrected chi connectivity index (χ2v) is 5.05. The summed E-state index contributed by atoms with van der Waals surface area (Å²) in [6, 6.07) is 3.80. The minimum atomic E-state index is 0.284. The summed E-state index contributed by atoms with van der Waals surface area (Å²) in [6.45, 7) is 1.45. The van der Waals surface area contributed by atoms with Crippen molar-refractivity contribution in [1.29, 1.82) is 0 Å². The maximum Gasteiger partial charge on any atom is 0.189 e. The molecule has 2 heterocycles. The van der Waals surface area contributed by atoms with Crippen molar-refractivity contribution in [2.45, 2.75) is 13.2 Å². The maximum atomic E-state index is 5.89. The summed E-state index contributed by atoms with van der Waals surface area (Å²) >= 11 is 3.38. The van der Waals surface area contributed by atoms with Crippen LogP contribution in [0.2, 0.25) is 0 Å².